The molecule has 2 aliphatic heterocycles. The lowest BCUT2D eigenvalue weighted by Gasteiger charge is -2.39. The minimum atomic E-state index is -1.01. The minimum Gasteiger partial charge on any atom is -0.481 e. The van der Waals surface area contributed by atoms with Gasteiger partial charge >= 0.3 is 11.9 Å². The van der Waals surface area contributed by atoms with E-state index in [-0.39, 0.29) is 11.3 Å². The second kappa shape index (κ2) is 6.40. The fourth-order valence-electron chi connectivity index (χ4n) is 2.37. The van der Waals surface area contributed by atoms with Crippen LogP contribution in [-0.2, 0) is 14.4 Å². The highest BCUT2D eigenvalue weighted by Gasteiger charge is 2.62. The van der Waals surface area contributed by atoms with Crippen LogP contribution in [0.4, 0.5) is 0 Å². The van der Waals surface area contributed by atoms with E-state index in [9.17, 15) is 19.5 Å². The molecule has 0 aromatic rings. The Balaban J connectivity index is 0.000000351. The second-order valence-corrected chi connectivity index (χ2v) is 9.48. The Morgan fingerprint density at radius 2 is 1.83 bits per heavy atom. The Kier molecular flexibility index (Phi) is 5.31. The Labute approximate surface area is 143 Å². The number of carbonyl (C=O) groups is 3. The molecule has 8 heteroatoms. The number of carbonyl (C=O) groups excluding carboxylic acids is 1. The third-order valence-electron chi connectivity index (χ3n) is 3.98. The number of carboxylic acids is 2. The summed E-state index contributed by atoms with van der Waals surface area (Å²) in [7, 11) is -0.519. The first kappa shape index (κ1) is 19.9. The molecule has 2 rings (SSSR count). The number of allylic oxidation sites excluding steroid dienone is 1. The van der Waals surface area contributed by atoms with E-state index in [1.54, 1.807) is 34.6 Å². The average molecular weight is 354 g/mol. The van der Waals surface area contributed by atoms with Gasteiger partial charge in [-0.25, -0.2) is 4.79 Å². The van der Waals surface area contributed by atoms with Crippen molar-refractivity contribution in [3.63, 3.8) is 0 Å². The Hall–Kier alpha value is -2.14. The molecule has 0 spiro atoms. The standard InChI is InChI=1S/C11H12N2O3S.C5H10O2/c1-11(2)7(10(15)16)13-8(14)6(4-5-12)9(13)17(11)3;1-5(2,3)4(6)7/h4,7,9H,3H2,1-2H3,(H,15,16);1-3H3,(H,6,7)/b6-4-;/t7-,9+,17?;/m0./s1. The van der Waals surface area contributed by atoms with Gasteiger partial charge in [0.1, 0.15) is 11.4 Å². The summed E-state index contributed by atoms with van der Waals surface area (Å²) >= 11 is 0. The molecule has 24 heavy (non-hydrogen) atoms. The van der Waals surface area contributed by atoms with Crippen LogP contribution in [0.3, 0.4) is 0 Å². The van der Waals surface area contributed by atoms with Gasteiger partial charge < -0.3 is 15.1 Å². The van der Waals surface area contributed by atoms with E-state index in [1.165, 1.54) is 11.0 Å². The number of nitrogens with zero attached hydrogens (tertiary/aromatic N) is 2. The van der Waals surface area contributed by atoms with E-state index in [1.807, 2.05) is 6.07 Å². The monoisotopic (exact) mass is 354 g/mol. The molecule has 0 aromatic heterocycles. The summed E-state index contributed by atoms with van der Waals surface area (Å²) in [5.74, 6) is 1.87. The molecule has 0 saturated carbocycles. The van der Waals surface area contributed by atoms with Gasteiger partial charge in [-0.1, -0.05) is 5.87 Å². The maximum Gasteiger partial charge on any atom is 0.327 e. The molecule has 1 unspecified atom stereocenters. The fraction of sp³-hybridized carbons (Fsp3) is 0.562. The number of nitriles is 1. The minimum absolute atomic E-state index is 0.307. The number of hydrogen-bond donors (Lipinski definition) is 2. The first-order chi connectivity index (χ1) is 10.8. The Bertz CT molecular complexity index is 682. The molecular weight excluding hydrogens is 332 g/mol. The van der Waals surface area contributed by atoms with Crippen LogP contribution in [-0.4, -0.2) is 55.0 Å². The Morgan fingerprint density at radius 3 is 2.17 bits per heavy atom. The van der Waals surface area contributed by atoms with Crippen molar-refractivity contribution in [1.29, 1.82) is 5.26 Å². The lowest BCUT2D eigenvalue weighted by Crippen LogP contribution is -2.58. The molecule has 0 aromatic carbocycles. The van der Waals surface area contributed by atoms with Gasteiger partial charge in [-0.15, -0.1) is 0 Å². The molecular formula is C16H22N2O5S. The molecule has 7 nitrogen and oxygen atoms in total. The van der Waals surface area contributed by atoms with Crippen LogP contribution in [0.2, 0.25) is 0 Å². The highest BCUT2D eigenvalue weighted by Crippen LogP contribution is 2.56. The third kappa shape index (κ3) is 3.22. The lowest BCUT2D eigenvalue weighted by atomic mass is 9.96. The van der Waals surface area contributed by atoms with Crippen molar-refractivity contribution in [2.75, 3.05) is 0 Å². The van der Waals surface area contributed by atoms with E-state index in [0.29, 0.717) is 5.57 Å². The first-order valence-electron chi connectivity index (χ1n) is 7.20. The summed E-state index contributed by atoms with van der Waals surface area (Å²) in [5.41, 5.74) is -0.192. The SMILES string of the molecule is C=S1[C@@H]2/C(=C\C#N)C(=O)N2[C@@H](C(=O)O)C1(C)C.CC(C)(C)C(=O)O. The summed E-state index contributed by atoms with van der Waals surface area (Å²) < 4.78 is -0.572. The molecule has 2 aliphatic rings. The molecule has 0 bridgehead atoms. The number of β-lactam (4-membered cyclic amide) rings is 1. The summed E-state index contributed by atoms with van der Waals surface area (Å²) in [6.45, 7) is 8.59. The second-order valence-electron chi connectivity index (χ2n) is 7.12. The normalized spacial score (nSPS) is 29.0. The van der Waals surface area contributed by atoms with E-state index in [0.717, 1.165) is 0 Å². The number of carboxylic acid groups (broad SMARTS) is 2. The zero-order valence-electron chi connectivity index (χ0n) is 14.4. The maximum absolute atomic E-state index is 11.8. The van der Waals surface area contributed by atoms with Crippen LogP contribution in [0.5, 0.6) is 0 Å². The topological polar surface area (TPSA) is 119 Å². The van der Waals surface area contributed by atoms with Crippen LogP contribution in [0.1, 0.15) is 34.6 Å². The molecule has 2 N–H and O–H groups in total. The van der Waals surface area contributed by atoms with Crippen molar-refractivity contribution in [2.45, 2.75) is 50.8 Å². The highest BCUT2D eigenvalue weighted by molar-refractivity contribution is 8.16. The molecule has 0 aliphatic carbocycles. The van der Waals surface area contributed by atoms with Crippen LogP contribution < -0.4 is 0 Å². The summed E-state index contributed by atoms with van der Waals surface area (Å²) in [6, 6.07) is 0.974. The number of amides is 1. The molecule has 0 radical (unpaired) electrons. The average Bonchev–Trinajstić information content (AvgIpc) is 2.61. The van der Waals surface area contributed by atoms with E-state index in [2.05, 4.69) is 5.87 Å². The van der Waals surface area contributed by atoms with Crippen molar-refractivity contribution in [3.8, 4) is 6.07 Å². The third-order valence-corrected chi connectivity index (χ3v) is 6.57. The number of aliphatic carboxylic acids is 2. The van der Waals surface area contributed by atoms with E-state index >= 15 is 0 Å². The molecule has 1 amide bonds. The molecule has 2 fully saturated rings. The van der Waals surface area contributed by atoms with Crippen LogP contribution in [0.25, 0.3) is 0 Å². The van der Waals surface area contributed by atoms with Crippen molar-refractivity contribution >= 4 is 34.2 Å². The smallest absolute Gasteiger partial charge is 0.327 e. The number of rotatable bonds is 1. The van der Waals surface area contributed by atoms with Crippen molar-refractivity contribution in [1.82, 2.24) is 4.90 Å². The molecule has 2 heterocycles. The summed E-state index contributed by atoms with van der Waals surface area (Å²) in [5, 5.41) is 25.8. The van der Waals surface area contributed by atoms with Crippen LogP contribution in [0.15, 0.2) is 11.6 Å². The van der Waals surface area contributed by atoms with Gasteiger partial charge in [-0.2, -0.15) is 15.7 Å². The van der Waals surface area contributed by atoms with Crippen LogP contribution >= 0.6 is 10.5 Å². The first-order valence-corrected chi connectivity index (χ1v) is 8.65. The molecule has 2 saturated heterocycles. The summed E-state index contributed by atoms with van der Waals surface area (Å²) in [4.78, 5) is 34.4. The molecule has 132 valence electrons. The van der Waals surface area contributed by atoms with Crippen LogP contribution in [0, 0.1) is 16.7 Å². The van der Waals surface area contributed by atoms with Gasteiger partial charge in [0.25, 0.3) is 5.91 Å². The van der Waals surface area contributed by atoms with Crippen molar-refractivity contribution < 1.29 is 24.6 Å². The van der Waals surface area contributed by atoms with E-state index < -0.39 is 38.6 Å². The van der Waals surface area contributed by atoms with Crippen molar-refractivity contribution in [3.05, 3.63) is 11.6 Å². The van der Waals surface area contributed by atoms with E-state index in [4.69, 9.17) is 10.4 Å². The van der Waals surface area contributed by atoms with Crippen molar-refractivity contribution in [2.24, 2.45) is 5.41 Å². The molecule has 3 atom stereocenters. The van der Waals surface area contributed by atoms with Gasteiger partial charge in [0, 0.05) is 10.8 Å². The highest BCUT2D eigenvalue weighted by atomic mass is 32.2. The van der Waals surface area contributed by atoms with Gasteiger partial charge in [-0.3, -0.25) is 9.59 Å². The predicted molar refractivity (Wildman–Crippen MR) is 91.6 cm³/mol. The predicted octanol–water partition coefficient (Wildman–Crippen LogP) is 1.67. The number of hydrogen-bond acceptors (Lipinski definition) is 4. The largest absolute Gasteiger partial charge is 0.481 e. The van der Waals surface area contributed by atoms with Gasteiger partial charge in [0.2, 0.25) is 0 Å². The summed E-state index contributed by atoms with van der Waals surface area (Å²) in [6.07, 6.45) is 1.20. The Morgan fingerprint density at radius 1 is 1.38 bits per heavy atom. The maximum atomic E-state index is 11.8. The lowest BCUT2D eigenvalue weighted by molar-refractivity contribution is -0.152. The zero-order chi connectivity index (χ0) is 19.0. The quantitative estimate of drug-likeness (QED) is 0.320. The zero-order valence-corrected chi connectivity index (χ0v) is 15.2. The van der Waals surface area contributed by atoms with Gasteiger partial charge in [0.15, 0.2) is 0 Å². The number of fused-ring (bicyclic) bond motifs is 1. The fourth-order valence-corrected chi connectivity index (χ4v) is 4.42. The van der Waals surface area contributed by atoms with Gasteiger partial charge in [0.05, 0.1) is 17.1 Å². The van der Waals surface area contributed by atoms with Gasteiger partial charge in [-0.05, 0) is 34.6 Å².